The number of hydrogen-bond acceptors (Lipinski definition) is 7. The molecule has 1 atom stereocenters. The molecule has 8 nitrogen and oxygen atoms in total. The second kappa shape index (κ2) is 9.82. The number of nitrogens with one attached hydrogen (secondary N) is 1. The number of carbonyl (C=O) groups is 2. The molecule has 0 aliphatic carbocycles. The smallest absolute Gasteiger partial charge is 0.408 e. The molecule has 1 amide bonds. The van der Waals surface area contributed by atoms with Crippen LogP contribution in [0.25, 0.3) is 0 Å². The monoisotopic (exact) mass is 449 g/mol. The van der Waals surface area contributed by atoms with E-state index in [-0.39, 0.29) is 10.6 Å². The Kier molecular flexibility index (Phi) is 7.67. The van der Waals surface area contributed by atoms with Crippen molar-refractivity contribution < 1.29 is 31.7 Å². The van der Waals surface area contributed by atoms with E-state index in [1.54, 1.807) is 52.8 Å². The first kappa shape index (κ1) is 24.2. The maximum Gasteiger partial charge on any atom is 0.408 e. The summed E-state index contributed by atoms with van der Waals surface area (Å²) in [6.07, 6.45) is -1.18. The quantitative estimate of drug-likeness (QED) is 0.503. The molecule has 1 unspecified atom stereocenters. The minimum atomic E-state index is -4.00. The maximum atomic E-state index is 12.5. The number of rotatable bonds is 7. The highest BCUT2D eigenvalue weighted by Gasteiger charge is 2.28. The summed E-state index contributed by atoms with van der Waals surface area (Å²) in [5.41, 5.74) is -0.374. The molecular formula is C22H27NO7S. The van der Waals surface area contributed by atoms with Gasteiger partial charge in [-0.3, -0.25) is 0 Å². The van der Waals surface area contributed by atoms with E-state index in [2.05, 4.69) is 5.32 Å². The minimum Gasteiger partial charge on any atom is -0.461 e. The molecule has 0 spiro atoms. The molecule has 0 heterocycles. The van der Waals surface area contributed by atoms with Gasteiger partial charge < -0.3 is 19.0 Å². The first-order valence-corrected chi connectivity index (χ1v) is 11.1. The van der Waals surface area contributed by atoms with Gasteiger partial charge in [-0.2, -0.15) is 8.42 Å². The first-order chi connectivity index (χ1) is 14.4. The van der Waals surface area contributed by atoms with Gasteiger partial charge in [-0.05, 0) is 64.4 Å². The van der Waals surface area contributed by atoms with Crippen LogP contribution in [-0.2, 0) is 24.4 Å². The van der Waals surface area contributed by atoms with Crippen molar-refractivity contribution in [3.8, 4) is 5.75 Å². The van der Waals surface area contributed by atoms with Crippen LogP contribution in [0.1, 0.15) is 46.2 Å². The Morgan fingerprint density at radius 2 is 1.52 bits per heavy atom. The topological polar surface area (TPSA) is 108 Å². The number of hydrogen-bond donors (Lipinski definition) is 1. The molecule has 168 valence electrons. The fourth-order valence-corrected chi connectivity index (χ4v) is 3.43. The Morgan fingerprint density at radius 3 is 2.03 bits per heavy atom. The van der Waals surface area contributed by atoms with Crippen molar-refractivity contribution in [2.24, 2.45) is 0 Å². The zero-order chi connectivity index (χ0) is 23.2. The third-order valence-corrected chi connectivity index (χ3v) is 4.96. The molecule has 0 aliphatic rings. The summed E-state index contributed by atoms with van der Waals surface area (Å²) in [5.74, 6) is -0.618. The van der Waals surface area contributed by atoms with Crippen LogP contribution in [0.3, 0.4) is 0 Å². The van der Waals surface area contributed by atoms with Gasteiger partial charge in [0.2, 0.25) is 0 Å². The van der Waals surface area contributed by atoms with Crippen LogP contribution >= 0.6 is 0 Å². The van der Waals surface area contributed by atoms with Crippen molar-refractivity contribution in [2.45, 2.75) is 57.3 Å². The number of benzene rings is 2. The highest BCUT2D eigenvalue weighted by atomic mass is 32.2. The lowest BCUT2D eigenvalue weighted by molar-refractivity contribution is -0.150. The Bertz CT molecular complexity index is 994. The van der Waals surface area contributed by atoms with Crippen LogP contribution in [0.5, 0.6) is 5.75 Å². The summed E-state index contributed by atoms with van der Waals surface area (Å²) >= 11 is 0. The van der Waals surface area contributed by atoms with Gasteiger partial charge >= 0.3 is 22.2 Å². The van der Waals surface area contributed by atoms with E-state index in [9.17, 15) is 18.0 Å². The molecule has 0 aliphatic heterocycles. The zero-order valence-corrected chi connectivity index (χ0v) is 18.9. The molecule has 2 aromatic carbocycles. The molecule has 9 heteroatoms. The summed E-state index contributed by atoms with van der Waals surface area (Å²) < 4.78 is 40.3. The van der Waals surface area contributed by atoms with Gasteiger partial charge in [0.25, 0.3) is 0 Å². The average molecular weight is 450 g/mol. The van der Waals surface area contributed by atoms with Gasteiger partial charge in [-0.15, -0.1) is 0 Å². The van der Waals surface area contributed by atoms with E-state index in [4.69, 9.17) is 13.7 Å². The third-order valence-electron chi connectivity index (χ3n) is 3.70. The Labute approximate surface area is 182 Å². The molecule has 0 saturated heterocycles. The van der Waals surface area contributed by atoms with E-state index in [0.29, 0.717) is 5.56 Å². The summed E-state index contributed by atoms with van der Waals surface area (Å²) in [4.78, 5) is 24.8. The second-order valence-corrected chi connectivity index (χ2v) is 9.53. The van der Waals surface area contributed by atoms with Gasteiger partial charge in [0.15, 0.2) is 6.04 Å². The fraction of sp³-hybridized carbons (Fsp3) is 0.364. The van der Waals surface area contributed by atoms with Crippen molar-refractivity contribution in [3.63, 3.8) is 0 Å². The van der Waals surface area contributed by atoms with E-state index in [1.165, 1.54) is 36.4 Å². The molecule has 0 fully saturated rings. The molecule has 0 aromatic heterocycles. The molecule has 0 radical (unpaired) electrons. The molecular weight excluding hydrogens is 422 g/mol. The lowest BCUT2D eigenvalue weighted by atomic mass is 10.1. The third kappa shape index (κ3) is 7.60. The molecule has 1 N–H and O–H groups in total. The Hall–Kier alpha value is -3.07. The van der Waals surface area contributed by atoms with Gasteiger partial charge in [0, 0.05) is 0 Å². The van der Waals surface area contributed by atoms with Gasteiger partial charge in [0.1, 0.15) is 16.2 Å². The Balaban J connectivity index is 2.22. The predicted octanol–water partition coefficient (Wildman–Crippen LogP) is 3.97. The largest absolute Gasteiger partial charge is 0.461 e. The van der Waals surface area contributed by atoms with Crippen molar-refractivity contribution in [3.05, 3.63) is 60.2 Å². The fourth-order valence-electron chi connectivity index (χ4n) is 2.48. The second-order valence-electron chi connectivity index (χ2n) is 7.98. The van der Waals surface area contributed by atoms with Crippen molar-refractivity contribution in [1.82, 2.24) is 5.32 Å². The number of ether oxygens (including phenoxy) is 2. The number of amides is 1. The first-order valence-electron chi connectivity index (χ1n) is 9.67. The van der Waals surface area contributed by atoms with Crippen LogP contribution in [0.4, 0.5) is 4.79 Å². The SMILES string of the molecule is CC(C)OC(=O)C(NC(=O)OC(C)(C)C)c1ccc(OS(=O)(=O)c2ccccc2)cc1. The lowest BCUT2D eigenvalue weighted by Gasteiger charge is -2.23. The van der Waals surface area contributed by atoms with E-state index in [0.717, 1.165) is 0 Å². The van der Waals surface area contributed by atoms with E-state index >= 15 is 0 Å². The molecule has 0 bridgehead atoms. The van der Waals surface area contributed by atoms with Gasteiger partial charge in [0.05, 0.1) is 6.10 Å². The minimum absolute atomic E-state index is 0.0176. The number of alkyl carbamates (subject to hydrolysis) is 1. The summed E-state index contributed by atoms with van der Waals surface area (Å²) in [6, 6.07) is 12.3. The van der Waals surface area contributed by atoms with Crippen molar-refractivity contribution in [1.29, 1.82) is 0 Å². The zero-order valence-electron chi connectivity index (χ0n) is 18.1. The van der Waals surface area contributed by atoms with Crippen LogP contribution in [0, 0.1) is 0 Å². The molecule has 0 saturated carbocycles. The highest BCUT2D eigenvalue weighted by molar-refractivity contribution is 7.87. The molecule has 2 aromatic rings. The highest BCUT2D eigenvalue weighted by Crippen LogP contribution is 2.23. The lowest BCUT2D eigenvalue weighted by Crippen LogP contribution is -2.39. The average Bonchev–Trinajstić information content (AvgIpc) is 2.65. The van der Waals surface area contributed by atoms with Crippen LogP contribution in [-0.4, -0.2) is 32.2 Å². The predicted molar refractivity (Wildman–Crippen MR) is 114 cm³/mol. The Morgan fingerprint density at radius 1 is 0.935 bits per heavy atom. The van der Waals surface area contributed by atoms with Crippen LogP contribution < -0.4 is 9.50 Å². The van der Waals surface area contributed by atoms with Gasteiger partial charge in [-0.25, -0.2) is 9.59 Å². The normalized spacial score (nSPS) is 12.7. The molecule has 2 rings (SSSR count). The van der Waals surface area contributed by atoms with Crippen LogP contribution in [0.15, 0.2) is 59.5 Å². The summed E-state index contributed by atoms with van der Waals surface area (Å²) in [5, 5.41) is 2.49. The summed E-state index contributed by atoms with van der Waals surface area (Å²) in [6.45, 7) is 8.48. The number of carbonyl (C=O) groups excluding carboxylic acids is 2. The molecule has 31 heavy (non-hydrogen) atoms. The van der Waals surface area contributed by atoms with Gasteiger partial charge in [-0.1, -0.05) is 30.3 Å². The summed E-state index contributed by atoms with van der Waals surface area (Å²) in [7, 11) is -4.00. The van der Waals surface area contributed by atoms with Crippen LogP contribution in [0.2, 0.25) is 0 Å². The standard InChI is InChI=1S/C22H27NO7S/c1-15(2)28-20(24)19(23-21(25)29-22(3,4)5)16-11-13-17(14-12-16)30-31(26,27)18-9-7-6-8-10-18/h6-15,19H,1-5H3,(H,23,25). The van der Waals surface area contributed by atoms with E-state index < -0.39 is 39.9 Å². The van der Waals surface area contributed by atoms with Crippen molar-refractivity contribution >= 4 is 22.2 Å². The van der Waals surface area contributed by atoms with Crippen molar-refractivity contribution in [2.75, 3.05) is 0 Å². The van der Waals surface area contributed by atoms with E-state index in [1.807, 2.05) is 0 Å². The number of esters is 1. The maximum absolute atomic E-state index is 12.5.